The predicted molar refractivity (Wildman–Crippen MR) is 83.3 cm³/mol. The highest BCUT2D eigenvalue weighted by molar-refractivity contribution is 14.1. The van der Waals surface area contributed by atoms with Crippen molar-refractivity contribution in [3.8, 4) is 5.75 Å². The number of nitrogens with one attached hydrogen (secondary N) is 1. The number of rotatable bonds is 4. The van der Waals surface area contributed by atoms with Gasteiger partial charge in [-0.25, -0.2) is 4.39 Å². The van der Waals surface area contributed by atoms with Gasteiger partial charge in [-0.3, -0.25) is 4.57 Å². The quantitative estimate of drug-likeness (QED) is 0.604. The average molecular weight is 391 g/mol. The highest BCUT2D eigenvalue weighted by Crippen LogP contribution is 2.43. The molecule has 2 rings (SSSR count). The molecule has 6 heteroatoms. The van der Waals surface area contributed by atoms with Crippen molar-refractivity contribution < 1.29 is 13.5 Å². The molecule has 0 aliphatic rings. The summed E-state index contributed by atoms with van der Waals surface area (Å²) in [4.78, 5) is 0. The first kappa shape index (κ1) is 14.3. The number of para-hydroxylation sites is 1. The van der Waals surface area contributed by atoms with Gasteiger partial charge in [0.05, 0.1) is 5.69 Å². The molecule has 0 aliphatic carbocycles. The van der Waals surface area contributed by atoms with E-state index in [0.717, 1.165) is 3.57 Å². The number of anilines is 1. The summed E-state index contributed by atoms with van der Waals surface area (Å²) in [5.74, 6) is 0.0254. The molecule has 0 radical (unpaired) electrons. The Kier molecular flexibility index (Phi) is 4.47. The SMILES string of the molecule is CP(=O)(Nc1ccc(I)cc1F)Oc1ccccc1. The van der Waals surface area contributed by atoms with E-state index in [0.29, 0.717) is 5.75 Å². The van der Waals surface area contributed by atoms with Crippen molar-refractivity contribution in [1.82, 2.24) is 0 Å². The number of halogens is 2. The average Bonchev–Trinajstić information content (AvgIpc) is 2.33. The molecule has 1 unspecified atom stereocenters. The third-order valence-corrected chi connectivity index (χ3v) is 4.15. The highest BCUT2D eigenvalue weighted by atomic mass is 127. The molecule has 1 atom stereocenters. The summed E-state index contributed by atoms with van der Waals surface area (Å²) in [6.45, 7) is 1.41. The zero-order valence-electron chi connectivity index (χ0n) is 10.1. The summed E-state index contributed by atoms with van der Waals surface area (Å²) in [6.07, 6.45) is 0. The van der Waals surface area contributed by atoms with Gasteiger partial charge in [0.2, 0.25) is 0 Å². The monoisotopic (exact) mass is 391 g/mol. The summed E-state index contributed by atoms with van der Waals surface area (Å²) in [7, 11) is -3.17. The summed E-state index contributed by atoms with van der Waals surface area (Å²) in [5.41, 5.74) is 0.169. The van der Waals surface area contributed by atoms with E-state index in [1.807, 2.05) is 28.7 Å². The molecule has 0 fully saturated rings. The van der Waals surface area contributed by atoms with Crippen LogP contribution >= 0.6 is 30.1 Å². The molecule has 0 amide bonds. The number of hydrogen-bond donors (Lipinski definition) is 1. The van der Waals surface area contributed by atoms with Crippen molar-refractivity contribution in [2.24, 2.45) is 0 Å². The third kappa shape index (κ3) is 4.21. The fourth-order valence-corrected chi connectivity index (χ4v) is 3.15. The van der Waals surface area contributed by atoms with Crippen LogP contribution in [0, 0.1) is 9.39 Å². The summed E-state index contributed by atoms with van der Waals surface area (Å²) in [6, 6.07) is 13.4. The normalized spacial score (nSPS) is 13.6. The van der Waals surface area contributed by atoms with Gasteiger partial charge in [-0.1, -0.05) is 18.2 Å². The van der Waals surface area contributed by atoms with Gasteiger partial charge in [-0.05, 0) is 52.9 Å². The number of benzene rings is 2. The molecule has 2 aromatic rings. The largest absolute Gasteiger partial charge is 0.429 e. The van der Waals surface area contributed by atoms with Gasteiger partial charge in [-0.15, -0.1) is 0 Å². The molecule has 100 valence electrons. The van der Waals surface area contributed by atoms with Gasteiger partial charge in [0.25, 0.3) is 0 Å². The molecule has 0 bridgehead atoms. The molecule has 0 saturated carbocycles. The summed E-state index contributed by atoms with van der Waals surface area (Å²) in [5, 5.41) is 2.62. The molecular formula is C13H12FINO2P. The first-order valence-electron chi connectivity index (χ1n) is 5.52. The van der Waals surface area contributed by atoms with Crippen molar-refractivity contribution in [3.63, 3.8) is 0 Å². The van der Waals surface area contributed by atoms with Crippen LogP contribution < -0.4 is 9.61 Å². The molecule has 1 N–H and O–H groups in total. The van der Waals surface area contributed by atoms with Gasteiger partial charge in [0, 0.05) is 10.2 Å². The molecule has 0 saturated heterocycles. The van der Waals surface area contributed by atoms with Gasteiger partial charge < -0.3 is 9.61 Å². The maximum atomic E-state index is 13.7. The molecule has 19 heavy (non-hydrogen) atoms. The van der Waals surface area contributed by atoms with Crippen LogP contribution in [-0.2, 0) is 4.57 Å². The van der Waals surface area contributed by atoms with Gasteiger partial charge in [-0.2, -0.15) is 0 Å². The molecule has 0 aromatic heterocycles. The smallest absolute Gasteiger partial charge is 0.338 e. The lowest BCUT2D eigenvalue weighted by Gasteiger charge is -2.17. The maximum absolute atomic E-state index is 13.7. The van der Waals surface area contributed by atoms with Crippen LogP contribution in [0.25, 0.3) is 0 Å². The van der Waals surface area contributed by atoms with Crippen LogP contribution in [0.4, 0.5) is 10.1 Å². The van der Waals surface area contributed by atoms with E-state index >= 15 is 0 Å². The summed E-state index contributed by atoms with van der Waals surface area (Å²) >= 11 is 2.01. The molecule has 0 spiro atoms. The fourth-order valence-electron chi connectivity index (χ4n) is 1.50. The molecule has 2 aromatic carbocycles. The Morgan fingerprint density at radius 3 is 2.53 bits per heavy atom. The Balaban J connectivity index is 2.15. The molecule has 0 heterocycles. The van der Waals surface area contributed by atoms with E-state index in [4.69, 9.17) is 4.52 Å². The predicted octanol–water partition coefficient (Wildman–Crippen LogP) is 4.74. The second-order valence-corrected chi connectivity index (χ2v) is 7.33. The van der Waals surface area contributed by atoms with E-state index in [9.17, 15) is 8.96 Å². The fraction of sp³-hybridized carbons (Fsp3) is 0.0769. The standard InChI is InChI=1S/C13H12FINO2P/c1-19(17,18-11-5-3-2-4-6-11)16-13-8-7-10(15)9-12(13)14/h2-9H,1H3,(H,16,17). The third-order valence-electron chi connectivity index (χ3n) is 2.28. The minimum Gasteiger partial charge on any atom is -0.429 e. The van der Waals surface area contributed by atoms with Crippen molar-refractivity contribution in [2.45, 2.75) is 0 Å². The maximum Gasteiger partial charge on any atom is 0.338 e. The van der Waals surface area contributed by atoms with Gasteiger partial charge in [0.15, 0.2) is 0 Å². The lowest BCUT2D eigenvalue weighted by molar-refractivity contribution is 0.493. The van der Waals surface area contributed by atoms with E-state index in [2.05, 4.69) is 5.09 Å². The van der Waals surface area contributed by atoms with Gasteiger partial charge in [0.1, 0.15) is 11.6 Å². The molecule has 0 aliphatic heterocycles. The second-order valence-electron chi connectivity index (χ2n) is 3.99. The Labute approximate surface area is 124 Å². The van der Waals surface area contributed by atoms with E-state index in [1.165, 1.54) is 12.7 Å². The Bertz CT molecular complexity index is 621. The Morgan fingerprint density at radius 1 is 1.21 bits per heavy atom. The molecule has 3 nitrogen and oxygen atoms in total. The zero-order chi connectivity index (χ0) is 13.9. The van der Waals surface area contributed by atoms with Crippen LogP contribution in [0.5, 0.6) is 5.75 Å². The Morgan fingerprint density at radius 2 is 1.89 bits per heavy atom. The van der Waals surface area contributed by atoms with Crippen molar-refractivity contribution in [2.75, 3.05) is 11.8 Å². The van der Waals surface area contributed by atoms with E-state index in [-0.39, 0.29) is 5.69 Å². The van der Waals surface area contributed by atoms with Crippen LogP contribution in [0.15, 0.2) is 48.5 Å². The van der Waals surface area contributed by atoms with E-state index < -0.39 is 13.3 Å². The number of hydrogen-bond acceptors (Lipinski definition) is 2. The van der Waals surface area contributed by atoms with Crippen LogP contribution in [-0.4, -0.2) is 6.66 Å². The summed E-state index contributed by atoms with van der Waals surface area (Å²) < 4.78 is 32.1. The minimum atomic E-state index is -3.17. The van der Waals surface area contributed by atoms with Crippen LogP contribution in [0.3, 0.4) is 0 Å². The first-order valence-corrected chi connectivity index (χ1v) is 8.67. The molecular weight excluding hydrogens is 379 g/mol. The lowest BCUT2D eigenvalue weighted by atomic mass is 10.3. The topological polar surface area (TPSA) is 38.3 Å². The first-order chi connectivity index (χ1) is 8.96. The lowest BCUT2D eigenvalue weighted by Crippen LogP contribution is -2.03. The van der Waals surface area contributed by atoms with Crippen molar-refractivity contribution in [3.05, 3.63) is 57.9 Å². The van der Waals surface area contributed by atoms with E-state index in [1.54, 1.807) is 36.4 Å². The van der Waals surface area contributed by atoms with Gasteiger partial charge >= 0.3 is 7.52 Å². The van der Waals surface area contributed by atoms with Crippen LogP contribution in [0.1, 0.15) is 0 Å². The highest BCUT2D eigenvalue weighted by Gasteiger charge is 2.19. The zero-order valence-corrected chi connectivity index (χ0v) is 13.2. The second kappa shape index (κ2) is 5.92. The Hall–Kier alpha value is -1.07. The van der Waals surface area contributed by atoms with Crippen molar-refractivity contribution in [1.29, 1.82) is 0 Å². The minimum absolute atomic E-state index is 0.169. The van der Waals surface area contributed by atoms with Crippen LogP contribution in [0.2, 0.25) is 0 Å². The van der Waals surface area contributed by atoms with Crippen molar-refractivity contribution >= 4 is 35.8 Å².